The summed E-state index contributed by atoms with van der Waals surface area (Å²) < 4.78 is 17.3. The highest BCUT2D eigenvalue weighted by Crippen LogP contribution is 2.32. The van der Waals surface area contributed by atoms with Crippen molar-refractivity contribution >= 4 is 23.4 Å². The van der Waals surface area contributed by atoms with Gasteiger partial charge in [0.1, 0.15) is 24.2 Å². The van der Waals surface area contributed by atoms with E-state index in [0.717, 1.165) is 11.3 Å². The number of ether oxygens (including phenoxy) is 3. The van der Waals surface area contributed by atoms with Gasteiger partial charge in [-0.2, -0.15) is 0 Å². The quantitative estimate of drug-likeness (QED) is 0.657. The zero-order valence-electron chi connectivity index (χ0n) is 20.2. The largest absolute Gasteiger partial charge is 0.497 e. The van der Waals surface area contributed by atoms with Gasteiger partial charge in [-0.3, -0.25) is 14.4 Å². The summed E-state index contributed by atoms with van der Waals surface area (Å²) in [5.74, 6) is 0.720. The minimum atomic E-state index is -0.347. The van der Waals surface area contributed by atoms with E-state index in [0.29, 0.717) is 36.4 Å². The molecule has 186 valence electrons. The Bertz CT molecular complexity index is 1090. The second-order valence-corrected chi connectivity index (χ2v) is 8.89. The average Bonchev–Trinajstić information content (AvgIpc) is 2.85. The summed E-state index contributed by atoms with van der Waals surface area (Å²) in [5, 5.41) is 5.64. The van der Waals surface area contributed by atoms with Gasteiger partial charge in [0.25, 0.3) is 5.91 Å². The summed E-state index contributed by atoms with van der Waals surface area (Å²) in [5.41, 5.74) is 1.93. The van der Waals surface area contributed by atoms with E-state index < -0.39 is 0 Å². The summed E-state index contributed by atoms with van der Waals surface area (Å²) >= 11 is 0. The van der Waals surface area contributed by atoms with Gasteiger partial charge in [-0.15, -0.1) is 0 Å². The molecule has 2 aromatic rings. The normalized spacial score (nSPS) is 21.5. The second-order valence-electron chi connectivity index (χ2n) is 8.89. The van der Waals surface area contributed by atoms with Gasteiger partial charge >= 0.3 is 0 Å². The molecule has 1 fully saturated rings. The molecule has 9 heteroatoms. The van der Waals surface area contributed by atoms with Crippen molar-refractivity contribution in [1.29, 1.82) is 0 Å². The molecule has 0 radical (unpaired) electrons. The molecule has 0 aliphatic carbocycles. The maximum Gasteiger partial charge on any atom is 0.257 e. The van der Waals surface area contributed by atoms with E-state index in [9.17, 15) is 14.4 Å². The molecule has 0 aromatic heterocycles. The highest BCUT2D eigenvalue weighted by atomic mass is 16.5. The molecule has 35 heavy (non-hydrogen) atoms. The Balaban J connectivity index is 1.36. The Hall–Kier alpha value is -3.59. The Labute approximate surface area is 204 Å². The molecule has 9 nitrogen and oxygen atoms in total. The zero-order valence-corrected chi connectivity index (χ0v) is 20.2. The van der Waals surface area contributed by atoms with E-state index >= 15 is 0 Å². The van der Waals surface area contributed by atoms with Crippen LogP contribution in [0.3, 0.4) is 0 Å². The third-order valence-corrected chi connectivity index (χ3v) is 6.39. The van der Waals surface area contributed by atoms with Crippen molar-refractivity contribution in [2.24, 2.45) is 0 Å². The topological polar surface area (TPSA) is 106 Å². The minimum Gasteiger partial charge on any atom is -0.497 e. The molecular formula is C26H31N3O6. The lowest BCUT2D eigenvalue weighted by Crippen LogP contribution is -2.53. The highest BCUT2D eigenvalue weighted by molar-refractivity contribution is 5.99. The number of rotatable bonds is 6. The van der Waals surface area contributed by atoms with Gasteiger partial charge in [0, 0.05) is 26.2 Å². The van der Waals surface area contributed by atoms with Crippen molar-refractivity contribution in [3.63, 3.8) is 0 Å². The number of amides is 3. The summed E-state index contributed by atoms with van der Waals surface area (Å²) in [6.07, 6.45) is 1.01. The van der Waals surface area contributed by atoms with Crippen LogP contribution in [0.5, 0.6) is 11.5 Å². The molecule has 0 bridgehead atoms. The van der Waals surface area contributed by atoms with Crippen LogP contribution in [0.4, 0.5) is 5.69 Å². The van der Waals surface area contributed by atoms with Crippen molar-refractivity contribution in [2.75, 3.05) is 26.1 Å². The van der Waals surface area contributed by atoms with Crippen LogP contribution in [0.1, 0.15) is 42.1 Å². The third-order valence-electron chi connectivity index (χ3n) is 6.39. The first-order valence-electron chi connectivity index (χ1n) is 11.7. The number of carbonyl (C=O) groups excluding carboxylic acids is 3. The molecule has 2 heterocycles. The van der Waals surface area contributed by atoms with Crippen molar-refractivity contribution in [2.45, 2.75) is 51.0 Å². The Morgan fingerprint density at radius 2 is 1.91 bits per heavy atom. The number of nitrogens with zero attached hydrogens (tertiary/aromatic N) is 1. The first kappa shape index (κ1) is 24.5. The first-order chi connectivity index (χ1) is 16.8. The fraction of sp³-hybridized carbons (Fsp3) is 0.423. The second kappa shape index (κ2) is 10.8. The molecule has 3 atom stereocenters. The molecule has 2 aromatic carbocycles. The molecule has 0 unspecified atom stereocenters. The van der Waals surface area contributed by atoms with Crippen LogP contribution in [-0.4, -0.2) is 61.6 Å². The Morgan fingerprint density at radius 3 is 2.63 bits per heavy atom. The van der Waals surface area contributed by atoms with E-state index in [4.69, 9.17) is 14.2 Å². The van der Waals surface area contributed by atoms with Crippen molar-refractivity contribution in [3.8, 4) is 11.5 Å². The van der Waals surface area contributed by atoms with Crippen LogP contribution < -0.4 is 20.1 Å². The Kier molecular flexibility index (Phi) is 7.55. The van der Waals surface area contributed by atoms with Gasteiger partial charge in [-0.05, 0) is 48.7 Å². The van der Waals surface area contributed by atoms with Gasteiger partial charge in [0.05, 0.1) is 31.2 Å². The summed E-state index contributed by atoms with van der Waals surface area (Å²) in [4.78, 5) is 38.8. The van der Waals surface area contributed by atoms with Crippen molar-refractivity contribution in [3.05, 3.63) is 53.6 Å². The van der Waals surface area contributed by atoms with Gasteiger partial charge in [0.2, 0.25) is 11.8 Å². The molecule has 3 amide bonds. The predicted octanol–water partition coefficient (Wildman–Crippen LogP) is 2.74. The minimum absolute atomic E-state index is 0.0868. The van der Waals surface area contributed by atoms with E-state index in [2.05, 4.69) is 10.6 Å². The van der Waals surface area contributed by atoms with Crippen LogP contribution in [0.2, 0.25) is 0 Å². The van der Waals surface area contributed by atoms with E-state index in [-0.39, 0.29) is 49.0 Å². The van der Waals surface area contributed by atoms with E-state index in [1.54, 1.807) is 37.3 Å². The van der Waals surface area contributed by atoms with Gasteiger partial charge in [0.15, 0.2) is 0 Å². The number of hydrogen-bond donors (Lipinski definition) is 2. The van der Waals surface area contributed by atoms with Crippen LogP contribution in [-0.2, 0) is 20.9 Å². The molecule has 1 saturated heterocycles. The number of methoxy groups -OCH3 is 1. The van der Waals surface area contributed by atoms with E-state index in [1.165, 1.54) is 6.92 Å². The average molecular weight is 482 g/mol. The standard InChI is InChI=1S/C26H31N3O6/c1-16(30)28-18-6-11-23-21(12-18)26(32)29(2)22-10-9-20(35-24(22)15-34-23)13-25(31)27-14-17-4-7-19(33-3)8-5-17/h4-8,11-12,20,22,24H,9-10,13-15H2,1-3H3,(H,27,31)(H,28,30)/t20-,22-,24+/m0/s1. The van der Waals surface area contributed by atoms with Crippen LogP contribution in [0.25, 0.3) is 0 Å². The van der Waals surface area contributed by atoms with Crippen molar-refractivity contribution in [1.82, 2.24) is 10.2 Å². The maximum atomic E-state index is 13.2. The molecule has 2 aliphatic rings. The lowest BCUT2D eigenvalue weighted by Gasteiger charge is -2.42. The van der Waals surface area contributed by atoms with Crippen molar-refractivity contribution < 1.29 is 28.6 Å². The van der Waals surface area contributed by atoms with Crippen LogP contribution >= 0.6 is 0 Å². The van der Waals surface area contributed by atoms with Gasteiger partial charge in [-0.1, -0.05) is 12.1 Å². The highest BCUT2D eigenvalue weighted by Gasteiger charge is 2.39. The fourth-order valence-corrected chi connectivity index (χ4v) is 4.53. The maximum absolute atomic E-state index is 13.2. The number of hydrogen-bond acceptors (Lipinski definition) is 6. The van der Waals surface area contributed by atoms with Crippen LogP contribution in [0.15, 0.2) is 42.5 Å². The molecule has 2 N–H and O–H groups in total. The number of anilines is 1. The first-order valence-corrected chi connectivity index (χ1v) is 11.7. The van der Waals surface area contributed by atoms with Gasteiger partial charge in [-0.25, -0.2) is 0 Å². The molecule has 0 spiro atoms. The molecule has 2 aliphatic heterocycles. The smallest absolute Gasteiger partial charge is 0.257 e. The monoisotopic (exact) mass is 481 g/mol. The number of nitrogens with one attached hydrogen (secondary N) is 2. The number of carbonyl (C=O) groups is 3. The summed E-state index contributed by atoms with van der Waals surface area (Å²) in [6.45, 7) is 2.11. The molecule has 0 saturated carbocycles. The number of likely N-dealkylation sites (N-methyl/N-ethyl adjacent to an activating group) is 1. The lowest BCUT2D eigenvalue weighted by atomic mass is 9.94. The molecule has 4 rings (SSSR count). The summed E-state index contributed by atoms with van der Waals surface area (Å²) in [7, 11) is 3.37. The number of benzene rings is 2. The lowest BCUT2D eigenvalue weighted by molar-refractivity contribution is -0.134. The molecular weight excluding hydrogens is 450 g/mol. The van der Waals surface area contributed by atoms with Gasteiger partial charge < -0.3 is 29.7 Å². The Morgan fingerprint density at radius 1 is 1.14 bits per heavy atom. The zero-order chi connectivity index (χ0) is 24.9. The predicted molar refractivity (Wildman–Crippen MR) is 129 cm³/mol. The van der Waals surface area contributed by atoms with E-state index in [1.807, 2.05) is 24.3 Å². The SMILES string of the molecule is COc1ccc(CNC(=O)C[C@@H]2CC[C@H]3[C@@H](COc4ccc(NC(C)=O)cc4C(=O)N3C)O2)cc1. The summed E-state index contributed by atoms with van der Waals surface area (Å²) in [6, 6.07) is 12.4. The van der Waals surface area contributed by atoms with Crippen LogP contribution in [0, 0.1) is 0 Å². The fourth-order valence-electron chi connectivity index (χ4n) is 4.53. The number of fused-ring (bicyclic) bond motifs is 2. The third kappa shape index (κ3) is 5.92.